The maximum Gasteiger partial charge on any atom is 0.472 e. The first kappa shape index (κ1) is 87.1. The Bertz CT molecular complexity index is 1750. The van der Waals surface area contributed by atoms with Gasteiger partial charge in [0.1, 0.15) is 19.3 Å². The van der Waals surface area contributed by atoms with E-state index >= 15 is 0 Å². The number of aliphatic hydroxyl groups excluding tert-OH is 1. The third-order valence-corrected chi connectivity index (χ3v) is 18.8. The molecular weight excluding hydrogens is 1170 g/mol. The van der Waals surface area contributed by atoms with E-state index in [0.29, 0.717) is 25.7 Å². The summed E-state index contributed by atoms with van der Waals surface area (Å²) in [5.74, 6) is 0.194. The van der Waals surface area contributed by atoms with E-state index in [0.717, 1.165) is 114 Å². The molecule has 0 radical (unpaired) electrons. The SMILES string of the molecule is CCCCCCCC(=O)OC[C@H](COP(=O)(O)OC[C@H](O)COP(=O)(O)OC[C@@H](COC(=O)CCCCCCCCCCCC(C)C)OC(=O)CCCCCCCCCCCCCCCCCCCCC(C)CC)OC(=O)CCCCCCCCC(C)CC. The number of phosphoric ester groups is 2. The van der Waals surface area contributed by atoms with Gasteiger partial charge in [0.15, 0.2) is 12.2 Å². The van der Waals surface area contributed by atoms with Crippen LogP contribution in [0.5, 0.6) is 0 Å². The highest BCUT2D eigenvalue weighted by atomic mass is 31.2. The van der Waals surface area contributed by atoms with Gasteiger partial charge in [0.2, 0.25) is 0 Å². The Morgan fingerprint density at radius 3 is 0.854 bits per heavy atom. The monoisotopic (exact) mass is 1310 g/mol. The Morgan fingerprint density at radius 1 is 0.326 bits per heavy atom. The van der Waals surface area contributed by atoms with Crippen molar-refractivity contribution in [2.45, 2.75) is 369 Å². The van der Waals surface area contributed by atoms with Gasteiger partial charge in [-0.3, -0.25) is 37.3 Å². The maximum absolute atomic E-state index is 13.0. The predicted molar refractivity (Wildman–Crippen MR) is 358 cm³/mol. The van der Waals surface area contributed by atoms with Gasteiger partial charge in [0.05, 0.1) is 26.4 Å². The fraction of sp³-hybridized carbons (Fsp3) is 0.943. The second-order valence-electron chi connectivity index (χ2n) is 26.2. The molecule has 0 rings (SSSR count). The number of carbonyl (C=O) groups excluding carboxylic acids is 4. The second-order valence-corrected chi connectivity index (χ2v) is 29.1. The molecule has 0 saturated carbocycles. The number of rotatable bonds is 68. The zero-order chi connectivity index (χ0) is 65.9. The summed E-state index contributed by atoms with van der Waals surface area (Å²) in [5, 5.41) is 10.5. The number of carbonyl (C=O) groups is 4. The van der Waals surface area contributed by atoms with Crippen LogP contribution >= 0.6 is 15.6 Å². The highest BCUT2D eigenvalue weighted by Gasteiger charge is 2.30. The standard InChI is InChI=1S/C70H136O17P2/c1-8-11-12-34-44-51-67(72)80-57-65(87-70(75)54-47-40-33-32-37-43-50-63(7)10-3)59-84-88(76,77)82-55-64(71)56-83-89(78,79)85-60-66(58-81-68(73)52-45-38-30-27-23-24-28-35-41-48-61(4)5)86-69(74)53-46-39-31-26-22-20-18-16-14-13-15-17-19-21-25-29-36-42-49-62(6)9-2/h61-66,71H,8-60H2,1-7H3,(H,76,77)(H,78,79)/t62?,63?,64-,65+,66+/m0/s1. The molecule has 0 heterocycles. The Balaban J connectivity index is 5.10. The van der Waals surface area contributed by atoms with Crippen molar-refractivity contribution >= 4 is 39.5 Å². The summed E-state index contributed by atoms with van der Waals surface area (Å²) in [6.45, 7) is 11.7. The van der Waals surface area contributed by atoms with Gasteiger partial charge in [0.25, 0.3) is 0 Å². The van der Waals surface area contributed by atoms with Crippen LogP contribution in [0, 0.1) is 17.8 Å². The summed E-state index contributed by atoms with van der Waals surface area (Å²) in [5.41, 5.74) is 0. The van der Waals surface area contributed by atoms with Crippen LogP contribution in [0.1, 0.15) is 350 Å². The first-order chi connectivity index (χ1) is 42.8. The van der Waals surface area contributed by atoms with E-state index in [1.165, 1.54) is 154 Å². The van der Waals surface area contributed by atoms with E-state index in [4.69, 9.17) is 37.0 Å². The van der Waals surface area contributed by atoms with Crippen LogP contribution in [-0.2, 0) is 65.4 Å². The molecule has 0 aliphatic carbocycles. The van der Waals surface area contributed by atoms with Crippen molar-refractivity contribution in [3.63, 3.8) is 0 Å². The zero-order valence-electron chi connectivity index (χ0n) is 57.9. The molecule has 0 saturated heterocycles. The van der Waals surface area contributed by atoms with Crippen molar-refractivity contribution in [1.82, 2.24) is 0 Å². The van der Waals surface area contributed by atoms with Crippen molar-refractivity contribution in [2.75, 3.05) is 39.6 Å². The smallest absolute Gasteiger partial charge is 0.462 e. The Morgan fingerprint density at radius 2 is 0.573 bits per heavy atom. The molecule has 0 bridgehead atoms. The van der Waals surface area contributed by atoms with Gasteiger partial charge in [0, 0.05) is 25.7 Å². The van der Waals surface area contributed by atoms with Gasteiger partial charge in [-0.25, -0.2) is 9.13 Å². The third-order valence-electron chi connectivity index (χ3n) is 16.9. The highest BCUT2D eigenvalue weighted by molar-refractivity contribution is 7.47. The first-order valence-electron chi connectivity index (χ1n) is 36.4. The lowest BCUT2D eigenvalue weighted by Crippen LogP contribution is -2.30. The normalized spacial score (nSPS) is 14.8. The van der Waals surface area contributed by atoms with Crippen molar-refractivity contribution < 1.29 is 80.2 Å². The lowest BCUT2D eigenvalue weighted by atomic mass is 9.99. The van der Waals surface area contributed by atoms with Crippen LogP contribution < -0.4 is 0 Å². The van der Waals surface area contributed by atoms with Gasteiger partial charge in [-0.15, -0.1) is 0 Å². The molecule has 3 N–H and O–H groups in total. The zero-order valence-corrected chi connectivity index (χ0v) is 59.7. The fourth-order valence-corrected chi connectivity index (χ4v) is 12.1. The summed E-state index contributed by atoms with van der Waals surface area (Å²) in [6, 6.07) is 0. The number of hydrogen-bond acceptors (Lipinski definition) is 15. The molecule has 7 atom stereocenters. The van der Waals surface area contributed by atoms with Crippen LogP contribution in [-0.4, -0.2) is 96.7 Å². The first-order valence-corrected chi connectivity index (χ1v) is 39.4. The molecule has 0 aromatic heterocycles. The molecule has 89 heavy (non-hydrogen) atoms. The van der Waals surface area contributed by atoms with Crippen LogP contribution in [0.2, 0.25) is 0 Å². The molecule has 0 fully saturated rings. The summed E-state index contributed by atoms with van der Waals surface area (Å²) >= 11 is 0. The van der Waals surface area contributed by atoms with Gasteiger partial charge in [-0.2, -0.15) is 0 Å². The maximum atomic E-state index is 13.0. The topological polar surface area (TPSA) is 237 Å². The minimum atomic E-state index is -4.95. The van der Waals surface area contributed by atoms with Gasteiger partial charge in [-0.05, 0) is 43.4 Å². The molecule has 0 aliphatic heterocycles. The van der Waals surface area contributed by atoms with E-state index < -0.39 is 97.5 Å². The highest BCUT2D eigenvalue weighted by Crippen LogP contribution is 2.45. The average Bonchev–Trinajstić information content (AvgIpc) is 3.58. The number of hydrogen-bond donors (Lipinski definition) is 3. The quantitative estimate of drug-likeness (QED) is 0.0222. The van der Waals surface area contributed by atoms with E-state index in [9.17, 15) is 43.2 Å². The van der Waals surface area contributed by atoms with Gasteiger partial charge < -0.3 is 33.8 Å². The lowest BCUT2D eigenvalue weighted by molar-refractivity contribution is -0.161. The van der Waals surface area contributed by atoms with E-state index in [-0.39, 0.29) is 25.7 Å². The van der Waals surface area contributed by atoms with E-state index in [2.05, 4.69) is 48.5 Å². The molecule has 528 valence electrons. The summed E-state index contributed by atoms with van der Waals surface area (Å²) in [7, 11) is -9.89. The average molecular weight is 1310 g/mol. The van der Waals surface area contributed by atoms with Gasteiger partial charge >= 0.3 is 39.5 Å². The minimum absolute atomic E-state index is 0.102. The number of esters is 4. The second kappa shape index (κ2) is 61.0. The van der Waals surface area contributed by atoms with Crippen molar-refractivity contribution in [1.29, 1.82) is 0 Å². The molecule has 0 spiro atoms. The van der Waals surface area contributed by atoms with Crippen LogP contribution in [0.25, 0.3) is 0 Å². The summed E-state index contributed by atoms with van der Waals surface area (Å²) in [6.07, 6.45) is 45.0. The molecule has 0 aromatic carbocycles. The van der Waals surface area contributed by atoms with E-state index in [1.807, 2.05) is 0 Å². The van der Waals surface area contributed by atoms with E-state index in [1.54, 1.807) is 0 Å². The predicted octanol–water partition coefficient (Wildman–Crippen LogP) is 19.8. The van der Waals surface area contributed by atoms with Crippen LogP contribution in [0.4, 0.5) is 0 Å². The molecule has 0 amide bonds. The largest absolute Gasteiger partial charge is 0.472 e. The molecule has 17 nitrogen and oxygen atoms in total. The fourth-order valence-electron chi connectivity index (χ4n) is 10.5. The van der Waals surface area contributed by atoms with Crippen LogP contribution in [0.3, 0.4) is 0 Å². The Kier molecular flexibility index (Phi) is 59.6. The number of ether oxygens (including phenoxy) is 4. The number of aliphatic hydroxyl groups is 1. The molecule has 0 aromatic rings. The van der Waals surface area contributed by atoms with Gasteiger partial charge in [-0.1, -0.05) is 299 Å². The molecular formula is C70H136O17P2. The molecule has 19 heteroatoms. The minimum Gasteiger partial charge on any atom is -0.462 e. The van der Waals surface area contributed by atoms with Crippen molar-refractivity contribution in [2.24, 2.45) is 17.8 Å². The Labute approximate surface area is 543 Å². The third kappa shape index (κ3) is 62.0. The van der Waals surface area contributed by atoms with Crippen molar-refractivity contribution in [3.8, 4) is 0 Å². The number of unbranched alkanes of at least 4 members (excludes halogenated alkanes) is 34. The summed E-state index contributed by atoms with van der Waals surface area (Å²) in [4.78, 5) is 72.2. The molecule has 0 aliphatic rings. The Hall–Kier alpha value is -1.94. The van der Waals surface area contributed by atoms with Crippen LogP contribution in [0.15, 0.2) is 0 Å². The van der Waals surface area contributed by atoms with Crippen molar-refractivity contribution in [3.05, 3.63) is 0 Å². The number of phosphoric acid groups is 2. The summed E-state index contributed by atoms with van der Waals surface area (Å²) < 4.78 is 68.0. The molecule has 4 unspecified atom stereocenters. The lowest BCUT2D eigenvalue weighted by Gasteiger charge is -2.21.